The molecule has 2 aromatic heterocycles. The Kier molecular flexibility index (Phi) is 6.13. The summed E-state index contributed by atoms with van der Waals surface area (Å²) < 4.78 is 9.67. The van der Waals surface area contributed by atoms with Gasteiger partial charge >= 0.3 is 0 Å². The fraction of sp³-hybridized carbons (Fsp3) is 0.273. The zero-order valence-corrected chi connectivity index (χ0v) is 18.3. The third-order valence-electron chi connectivity index (χ3n) is 4.99. The number of carbonyl (C=O) groups is 1. The quantitative estimate of drug-likeness (QED) is 0.413. The third-order valence-corrected chi connectivity index (χ3v) is 5.30. The van der Waals surface area contributed by atoms with Crippen LogP contribution in [0, 0.1) is 11.7 Å². The number of imidazole rings is 1. The molecule has 0 spiro atoms. The van der Waals surface area contributed by atoms with Crippen LogP contribution in [0.4, 0.5) is 0 Å². The maximum Gasteiger partial charge on any atom is 0.240 e. The van der Waals surface area contributed by atoms with Crippen LogP contribution in [-0.4, -0.2) is 43.4 Å². The number of aryl methyl sites for hydroxylation is 1. The number of aromatic nitrogens is 5. The summed E-state index contributed by atoms with van der Waals surface area (Å²) in [5.74, 6) is 2.18. The van der Waals surface area contributed by atoms with Crippen LogP contribution in [0.25, 0.3) is 22.4 Å². The summed E-state index contributed by atoms with van der Waals surface area (Å²) in [7, 11) is 0. The molecule has 4 rings (SSSR count). The maximum absolute atomic E-state index is 12.6. The number of amides is 1. The molecule has 4 aromatic rings. The molecule has 1 amide bonds. The van der Waals surface area contributed by atoms with Crippen molar-refractivity contribution < 1.29 is 9.53 Å². The van der Waals surface area contributed by atoms with E-state index in [-0.39, 0.29) is 12.5 Å². The van der Waals surface area contributed by atoms with Gasteiger partial charge in [0.15, 0.2) is 10.6 Å². The van der Waals surface area contributed by atoms with Crippen molar-refractivity contribution in [1.29, 1.82) is 0 Å². The highest BCUT2D eigenvalue weighted by Crippen LogP contribution is 2.21. The number of rotatable bonds is 8. The second-order valence-corrected chi connectivity index (χ2v) is 7.43. The molecule has 0 unspecified atom stereocenters. The van der Waals surface area contributed by atoms with Crippen molar-refractivity contribution in [3.05, 3.63) is 59.1 Å². The van der Waals surface area contributed by atoms with Crippen molar-refractivity contribution in [3.63, 3.8) is 0 Å². The monoisotopic (exact) mass is 436 g/mol. The van der Waals surface area contributed by atoms with Crippen LogP contribution in [0.3, 0.4) is 0 Å². The van der Waals surface area contributed by atoms with Crippen LogP contribution in [0.15, 0.2) is 48.5 Å². The SMILES string of the molecule is CCOc1ccc(-c2n[nH]c(=S)n2CC(=O)NCCn2c(C)nc3ccccc32)cc1. The van der Waals surface area contributed by atoms with Crippen molar-refractivity contribution in [2.75, 3.05) is 13.2 Å². The van der Waals surface area contributed by atoms with Crippen molar-refractivity contribution in [3.8, 4) is 17.1 Å². The summed E-state index contributed by atoms with van der Waals surface area (Å²) in [5, 5.41) is 10.0. The molecule has 0 atom stereocenters. The normalized spacial score (nSPS) is 11.0. The minimum Gasteiger partial charge on any atom is -0.494 e. The Morgan fingerprint density at radius 1 is 1.16 bits per heavy atom. The lowest BCUT2D eigenvalue weighted by Crippen LogP contribution is -2.31. The van der Waals surface area contributed by atoms with Crippen molar-refractivity contribution in [2.45, 2.75) is 26.9 Å². The lowest BCUT2D eigenvalue weighted by Gasteiger charge is -2.10. The second kappa shape index (κ2) is 9.13. The minimum atomic E-state index is -0.133. The first-order chi connectivity index (χ1) is 15.1. The van der Waals surface area contributed by atoms with E-state index in [9.17, 15) is 4.79 Å². The smallest absolute Gasteiger partial charge is 0.240 e. The summed E-state index contributed by atoms with van der Waals surface area (Å²) in [4.78, 5) is 17.2. The number of fused-ring (bicyclic) bond motifs is 1. The number of nitrogens with zero attached hydrogens (tertiary/aromatic N) is 4. The molecule has 9 heteroatoms. The van der Waals surface area contributed by atoms with Gasteiger partial charge in [0.1, 0.15) is 18.1 Å². The van der Waals surface area contributed by atoms with Gasteiger partial charge in [-0.05, 0) is 62.5 Å². The number of benzene rings is 2. The van der Waals surface area contributed by atoms with Crippen LogP contribution in [-0.2, 0) is 17.9 Å². The Balaban J connectivity index is 1.41. The van der Waals surface area contributed by atoms with Gasteiger partial charge in [-0.1, -0.05) is 12.1 Å². The van der Waals surface area contributed by atoms with Gasteiger partial charge in [0.25, 0.3) is 0 Å². The molecule has 2 N–H and O–H groups in total. The molecule has 0 fully saturated rings. The lowest BCUT2D eigenvalue weighted by molar-refractivity contribution is -0.121. The molecule has 0 bridgehead atoms. The van der Waals surface area contributed by atoms with E-state index in [1.807, 2.05) is 62.4 Å². The summed E-state index contributed by atoms with van der Waals surface area (Å²) in [6.45, 7) is 5.72. The number of H-pyrrole nitrogens is 1. The van der Waals surface area contributed by atoms with E-state index in [2.05, 4.69) is 25.1 Å². The first-order valence-electron chi connectivity index (χ1n) is 10.1. The van der Waals surface area contributed by atoms with E-state index in [0.717, 1.165) is 28.2 Å². The van der Waals surface area contributed by atoms with Gasteiger partial charge in [-0.2, -0.15) is 5.10 Å². The number of hydrogen-bond acceptors (Lipinski definition) is 5. The molecule has 0 saturated heterocycles. The summed E-state index contributed by atoms with van der Waals surface area (Å²) in [6, 6.07) is 15.5. The Labute approximate surface area is 184 Å². The Bertz CT molecular complexity index is 1260. The standard InChI is InChI=1S/C22H24N6O2S/c1-3-30-17-10-8-16(9-11-17)21-25-26-22(31)28(21)14-20(29)23-12-13-27-15(2)24-18-6-4-5-7-19(18)27/h4-11H,3,12-14H2,1-2H3,(H,23,29)(H,26,31). The zero-order valence-electron chi connectivity index (χ0n) is 17.5. The lowest BCUT2D eigenvalue weighted by atomic mass is 10.2. The van der Waals surface area contributed by atoms with Crippen LogP contribution >= 0.6 is 12.2 Å². The highest BCUT2D eigenvalue weighted by atomic mass is 32.1. The number of nitrogens with one attached hydrogen (secondary N) is 2. The summed E-state index contributed by atoms with van der Waals surface area (Å²) in [5.41, 5.74) is 2.87. The van der Waals surface area contributed by atoms with E-state index in [1.165, 1.54) is 0 Å². The number of carbonyl (C=O) groups excluding carboxylic acids is 1. The van der Waals surface area contributed by atoms with Crippen LogP contribution in [0.5, 0.6) is 5.75 Å². The Hall–Kier alpha value is -3.46. The molecule has 31 heavy (non-hydrogen) atoms. The molecule has 0 radical (unpaired) electrons. The Morgan fingerprint density at radius 2 is 1.94 bits per heavy atom. The van der Waals surface area contributed by atoms with Gasteiger partial charge < -0.3 is 14.6 Å². The molecule has 8 nitrogen and oxygen atoms in total. The van der Waals surface area contributed by atoms with E-state index in [0.29, 0.717) is 30.3 Å². The molecule has 160 valence electrons. The first-order valence-corrected chi connectivity index (χ1v) is 10.5. The number of ether oxygens (including phenoxy) is 1. The molecule has 0 aliphatic rings. The minimum absolute atomic E-state index is 0.0849. The molecule has 2 aromatic carbocycles. The molecular formula is C22H24N6O2S. The van der Waals surface area contributed by atoms with E-state index in [4.69, 9.17) is 17.0 Å². The average Bonchev–Trinajstić information content (AvgIpc) is 3.28. The van der Waals surface area contributed by atoms with E-state index in [1.54, 1.807) is 4.57 Å². The van der Waals surface area contributed by atoms with E-state index >= 15 is 0 Å². The second-order valence-electron chi connectivity index (χ2n) is 7.05. The molecular weight excluding hydrogens is 412 g/mol. The Morgan fingerprint density at radius 3 is 2.71 bits per heavy atom. The van der Waals surface area contributed by atoms with Gasteiger partial charge in [-0.3, -0.25) is 14.5 Å². The number of aromatic amines is 1. The summed E-state index contributed by atoms with van der Waals surface area (Å²) >= 11 is 5.33. The largest absolute Gasteiger partial charge is 0.494 e. The molecule has 0 aliphatic heterocycles. The maximum atomic E-state index is 12.6. The topological polar surface area (TPSA) is 89.8 Å². The zero-order chi connectivity index (χ0) is 21.8. The van der Waals surface area contributed by atoms with Crippen molar-refractivity contribution >= 4 is 29.2 Å². The molecule has 0 saturated carbocycles. The first kappa shape index (κ1) is 20.8. The highest BCUT2D eigenvalue weighted by Gasteiger charge is 2.13. The predicted octanol–water partition coefficient (Wildman–Crippen LogP) is 3.48. The van der Waals surface area contributed by atoms with E-state index < -0.39 is 0 Å². The fourth-order valence-electron chi connectivity index (χ4n) is 3.54. The molecule has 2 heterocycles. The van der Waals surface area contributed by atoms with Crippen LogP contribution in [0.1, 0.15) is 12.7 Å². The van der Waals surface area contributed by atoms with Gasteiger partial charge in [0.05, 0.1) is 17.6 Å². The number of hydrogen-bond donors (Lipinski definition) is 2. The van der Waals surface area contributed by atoms with Gasteiger partial charge in [-0.15, -0.1) is 0 Å². The van der Waals surface area contributed by atoms with Crippen LogP contribution in [0.2, 0.25) is 0 Å². The molecule has 0 aliphatic carbocycles. The van der Waals surface area contributed by atoms with Crippen LogP contribution < -0.4 is 10.1 Å². The summed E-state index contributed by atoms with van der Waals surface area (Å²) in [6.07, 6.45) is 0. The fourth-order valence-corrected chi connectivity index (χ4v) is 3.73. The number of para-hydroxylation sites is 2. The predicted molar refractivity (Wildman–Crippen MR) is 121 cm³/mol. The van der Waals surface area contributed by atoms with Gasteiger partial charge in [0, 0.05) is 18.7 Å². The van der Waals surface area contributed by atoms with Crippen molar-refractivity contribution in [1.82, 2.24) is 29.6 Å². The van der Waals surface area contributed by atoms with Gasteiger partial charge in [-0.25, -0.2) is 4.98 Å². The third kappa shape index (κ3) is 4.51. The highest BCUT2D eigenvalue weighted by molar-refractivity contribution is 7.71. The average molecular weight is 437 g/mol. The van der Waals surface area contributed by atoms with Crippen molar-refractivity contribution in [2.24, 2.45) is 0 Å². The van der Waals surface area contributed by atoms with Gasteiger partial charge in [0.2, 0.25) is 5.91 Å².